The fourth-order valence-electron chi connectivity index (χ4n) is 6.06. The van der Waals surface area contributed by atoms with Crippen LogP contribution in [0.4, 0.5) is 0 Å². The van der Waals surface area contributed by atoms with Gasteiger partial charge in [-0.05, 0) is 51.4 Å². The second-order valence-corrected chi connectivity index (χ2v) is 16.0. The van der Waals surface area contributed by atoms with E-state index in [1.165, 1.54) is 135 Å². The lowest BCUT2D eigenvalue weighted by Crippen LogP contribution is -2.28. The van der Waals surface area contributed by atoms with E-state index in [1.54, 1.807) is 0 Å². The van der Waals surface area contributed by atoms with Crippen molar-refractivity contribution in [2.75, 3.05) is 33.0 Å². The van der Waals surface area contributed by atoms with E-state index < -0.39 is 13.9 Å². The molecule has 0 fully saturated rings. The van der Waals surface area contributed by atoms with Crippen molar-refractivity contribution in [2.24, 2.45) is 5.73 Å². The van der Waals surface area contributed by atoms with Crippen molar-refractivity contribution >= 4 is 13.8 Å². The molecule has 0 saturated heterocycles. The number of hydrogen-bond donors (Lipinski definition) is 2. The van der Waals surface area contributed by atoms with Gasteiger partial charge in [0.1, 0.15) is 6.10 Å². The number of carbonyl (C=O) groups excluding carboxylic acids is 1. The quantitative estimate of drug-likeness (QED) is 0.0273. The summed E-state index contributed by atoms with van der Waals surface area (Å²) in [4.78, 5) is 22.3. The first-order valence-electron chi connectivity index (χ1n) is 22.0. The highest BCUT2D eigenvalue weighted by Gasteiger charge is 2.25. The minimum Gasteiger partial charge on any atom is -0.457 e. The molecule has 0 aliphatic rings. The number of allylic oxidation sites excluding steroid dienone is 6. The highest BCUT2D eigenvalue weighted by atomic mass is 31.2. The zero-order chi connectivity index (χ0) is 38.8. The topological polar surface area (TPSA) is 117 Å². The largest absolute Gasteiger partial charge is 0.472 e. The Labute approximate surface area is 327 Å². The van der Waals surface area contributed by atoms with Gasteiger partial charge in [-0.25, -0.2) is 4.57 Å². The van der Waals surface area contributed by atoms with Crippen molar-refractivity contribution < 1.29 is 32.8 Å². The van der Waals surface area contributed by atoms with Crippen LogP contribution in [0.2, 0.25) is 0 Å². The van der Waals surface area contributed by atoms with Gasteiger partial charge in [-0.1, -0.05) is 179 Å². The van der Waals surface area contributed by atoms with E-state index in [-0.39, 0.29) is 32.3 Å². The molecule has 2 unspecified atom stereocenters. The molecular formula is C44H84NO7P. The number of ether oxygens (including phenoxy) is 2. The molecule has 0 amide bonds. The standard InChI is InChI=1S/C44H84NO7P/c1-3-5-7-9-11-13-14-15-16-17-18-19-20-21-22-23-24-25-26-27-28-29-30-32-34-36-39-49-41-43(42-51-53(47,48)50-40-38-45)52-44(46)37-35-33-31-12-10-8-6-4-2/h14-15,17-18,20-21,43H,3-13,16,19,22-42,45H2,1-2H3,(H,47,48)/b15-14-,18-17-,21-20-. The fourth-order valence-corrected chi connectivity index (χ4v) is 6.83. The number of phosphoric ester groups is 1. The molecule has 0 aliphatic heterocycles. The monoisotopic (exact) mass is 770 g/mol. The van der Waals surface area contributed by atoms with Crippen LogP contribution in [0.25, 0.3) is 0 Å². The van der Waals surface area contributed by atoms with Gasteiger partial charge in [0.25, 0.3) is 0 Å². The Morgan fingerprint density at radius 3 is 1.49 bits per heavy atom. The van der Waals surface area contributed by atoms with Gasteiger partial charge in [-0.3, -0.25) is 13.8 Å². The van der Waals surface area contributed by atoms with Crippen molar-refractivity contribution in [1.82, 2.24) is 0 Å². The number of rotatable bonds is 42. The summed E-state index contributed by atoms with van der Waals surface area (Å²) in [5.41, 5.74) is 5.35. The van der Waals surface area contributed by atoms with Crippen molar-refractivity contribution in [3.63, 3.8) is 0 Å². The molecule has 0 radical (unpaired) electrons. The van der Waals surface area contributed by atoms with E-state index in [9.17, 15) is 14.3 Å². The lowest BCUT2D eigenvalue weighted by molar-refractivity contribution is -0.154. The Balaban J connectivity index is 3.85. The molecule has 0 saturated carbocycles. The van der Waals surface area contributed by atoms with Crippen LogP contribution in [0, 0.1) is 0 Å². The first-order chi connectivity index (χ1) is 25.9. The number of carbonyl (C=O) groups is 1. The number of nitrogens with two attached hydrogens (primary N) is 1. The first-order valence-corrected chi connectivity index (χ1v) is 23.5. The third-order valence-electron chi connectivity index (χ3n) is 9.31. The highest BCUT2D eigenvalue weighted by Crippen LogP contribution is 2.43. The first kappa shape index (κ1) is 51.7. The van der Waals surface area contributed by atoms with E-state index in [0.717, 1.165) is 44.9 Å². The minimum atomic E-state index is -4.27. The summed E-state index contributed by atoms with van der Waals surface area (Å²) < 4.78 is 33.3. The summed E-state index contributed by atoms with van der Waals surface area (Å²) in [6, 6.07) is 0. The minimum absolute atomic E-state index is 0.0952. The Morgan fingerprint density at radius 2 is 1.00 bits per heavy atom. The highest BCUT2D eigenvalue weighted by molar-refractivity contribution is 7.47. The molecule has 3 N–H and O–H groups in total. The van der Waals surface area contributed by atoms with Crippen molar-refractivity contribution in [3.8, 4) is 0 Å². The van der Waals surface area contributed by atoms with Gasteiger partial charge in [0.15, 0.2) is 0 Å². The number of hydrogen-bond acceptors (Lipinski definition) is 7. The van der Waals surface area contributed by atoms with Gasteiger partial charge in [0.2, 0.25) is 0 Å². The van der Waals surface area contributed by atoms with Gasteiger partial charge < -0.3 is 20.1 Å². The molecule has 0 aromatic heterocycles. The molecular weight excluding hydrogens is 685 g/mol. The molecule has 53 heavy (non-hydrogen) atoms. The maximum absolute atomic E-state index is 12.5. The summed E-state index contributed by atoms with van der Waals surface area (Å²) in [5, 5.41) is 0. The molecule has 9 heteroatoms. The van der Waals surface area contributed by atoms with E-state index >= 15 is 0 Å². The lowest BCUT2D eigenvalue weighted by Gasteiger charge is -2.20. The van der Waals surface area contributed by atoms with Crippen LogP contribution in [0.3, 0.4) is 0 Å². The van der Waals surface area contributed by atoms with Gasteiger partial charge in [0.05, 0.1) is 19.8 Å². The maximum atomic E-state index is 12.5. The summed E-state index contributed by atoms with van der Waals surface area (Å²) in [7, 11) is -4.27. The Kier molecular flexibility index (Phi) is 40.9. The van der Waals surface area contributed by atoms with E-state index in [1.807, 2.05) is 0 Å². The van der Waals surface area contributed by atoms with Crippen LogP contribution >= 0.6 is 7.82 Å². The predicted octanol–water partition coefficient (Wildman–Crippen LogP) is 13.0. The number of esters is 1. The summed E-state index contributed by atoms with van der Waals surface area (Å²) in [6.45, 7) is 4.88. The van der Waals surface area contributed by atoms with Crippen molar-refractivity contribution in [3.05, 3.63) is 36.5 Å². The average Bonchev–Trinajstić information content (AvgIpc) is 3.15. The molecule has 8 nitrogen and oxygen atoms in total. The molecule has 0 spiro atoms. The number of phosphoric acid groups is 1. The zero-order valence-electron chi connectivity index (χ0n) is 34.5. The molecule has 312 valence electrons. The predicted molar refractivity (Wildman–Crippen MR) is 224 cm³/mol. The Hall–Kier alpha value is -1.28. The van der Waals surface area contributed by atoms with Crippen LogP contribution in [-0.4, -0.2) is 49.9 Å². The zero-order valence-corrected chi connectivity index (χ0v) is 35.4. The van der Waals surface area contributed by atoms with E-state index in [0.29, 0.717) is 13.0 Å². The van der Waals surface area contributed by atoms with Crippen molar-refractivity contribution in [2.45, 2.75) is 206 Å². The van der Waals surface area contributed by atoms with Gasteiger partial charge in [0, 0.05) is 19.6 Å². The summed E-state index contributed by atoms with van der Waals surface area (Å²) >= 11 is 0. The van der Waals surface area contributed by atoms with Crippen LogP contribution < -0.4 is 5.73 Å². The normalized spacial score (nSPS) is 13.8. The molecule has 0 bridgehead atoms. The van der Waals surface area contributed by atoms with Gasteiger partial charge in [-0.2, -0.15) is 0 Å². The van der Waals surface area contributed by atoms with Crippen LogP contribution in [0.1, 0.15) is 200 Å². The molecule has 0 aliphatic carbocycles. The average molecular weight is 770 g/mol. The SMILES string of the molecule is CCCCCCC/C=C\C/C=C\C/C=C\CCCCCCCCCCCCCOCC(COP(=O)(O)OCCN)OC(=O)CCCCCCCCCC. The Bertz CT molecular complexity index is 910. The second-order valence-electron chi connectivity index (χ2n) is 14.6. The van der Waals surface area contributed by atoms with Gasteiger partial charge >= 0.3 is 13.8 Å². The van der Waals surface area contributed by atoms with Crippen LogP contribution in [0.15, 0.2) is 36.5 Å². The van der Waals surface area contributed by atoms with Crippen LogP contribution in [-0.2, 0) is 27.9 Å². The van der Waals surface area contributed by atoms with E-state index in [2.05, 4.69) is 50.3 Å². The molecule has 0 heterocycles. The third kappa shape index (κ3) is 41.7. The third-order valence-corrected chi connectivity index (χ3v) is 10.3. The molecule has 2 atom stereocenters. The van der Waals surface area contributed by atoms with Crippen LogP contribution in [0.5, 0.6) is 0 Å². The van der Waals surface area contributed by atoms with Gasteiger partial charge in [-0.15, -0.1) is 0 Å². The summed E-state index contributed by atoms with van der Waals surface area (Å²) in [6.07, 6.45) is 47.6. The molecule has 0 aromatic carbocycles. The number of unbranched alkanes of at least 4 members (excludes halogenated alkanes) is 23. The second kappa shape index (κ2) is 41.9. The molecule has 0 rings (SSSR count). The van der Waals surface area contributed by atoms with Crippen molar-refractivity contribution in [1.29, 1.82) is 0 Å². The Morgan fingerprint density at radius 1 is 0.566 bits per heavy atom. The summed E-state index contributed by atoms with van der Waals surface area (Å²) in [5.74, 6) is -0.336. The fraction of sp³-hybridized carbons (Fsp3) is 0.841. The molecule has 0 aromatic rings. The van der Waals surface area contributed by atoms with E-state index in [4.69, 9.17) is 24.3 Å². The maximum Gasteiger partial charge on any atom is 0.472 e. The lowest BCUT2D eigenvalue weighted by atomic mass is 10.1. The smallest absolute Gasteiger partial charge is 0.457 e.